The van der Waals surface area contributed by atoms with Crippen molar-refractivity contribution in [3.8, 4) is 0 Å². The Morgan fingerprint density at radius 2 is 2.25 bits per heavy atom. The van der Waals surface area contributed by atoms with Gasteiger partial charge in [-0.15, -0.1) is 0 Å². The summed E-state index contributed by atoms with van der Waals surface area (Å²) in [5.41, 5.74) is 6.82. The molecule has 0 spiro atoms. The number of hydrogen-bond acceptors (Lipinski definition) is 4. The first-order chi connectivity index (χ1) is 7.81. The third-order valence-corrected chi connectivity index (χ3v) is 4.35. The van der Waals surface area contributed by atoms with E-state index < -0.39 is 0 Å². The number of pyridine rings is 1. The maximum atomic E-state index is 5.84. The van der Waals surface area contributed by atoms with Crippen LogP contribution in [0.5, 0.6) is 0 Å². The zero-order valence-corrected chi connectivity index (χ0v) is 10.5. The molecule has 4 heteroatoms. The van der Waals surface area contributed by atoms with Gasteiger partial charge < -0.3 is 11.1 Å². The molecule has 0 aromatic carbocycles. The predicted molar refractivity (Wildman–Crippen MR) is 71.8 cm³/mol. The monoisotopic (exact) mass is 237 g/mol. The predicted octanol–water partition coefficient (Wildman–Crippen LogP) is 2.75. The lowest BCUT2D eigenvalue weighted by molar-refractivity contribution is 0.475. The van der Waals surface area contributed by atoms with Crippen LogP contribution >= 0.6 is 11.8 Å². The van der Waals surface area contributed by atoms with Crippen LogP contribution in [0.4, 0.5) is 11.5 Å². The lowest BCUT2D eigenvalue weighted by Gasteiger charge is -2.31. The zero-order valence-electron chi connectivity index (χ0n) is 9.65. The van der Waals surface area contributed by atoms with E-state index in [1.807, 2.05) is 23.9 Å². The number of rotatable bonds is 3. The minimum Gasteiger partial charge on any atom is -0.382 e. The van der Waals surface area contributed by atoms with Gasteiger partial charge in [0, 0.05) is 17.5 Å². The summed E-state index contributed by atoms with van der Waals surface area (Å²) in [6.45, 7) is 0. The van der Waals surface area contributed by atoms with Crippen LogP contribution in [0.3, 0.4) is 0 Å². The summed E-state index contributed by atoms with van der Waals surface area (Å²) >= 11 is 1.96. The maximum Gasteiger partial charge on any atom is 0.146 e. The third-order valence-electron chi connectivity index (χ3n) is 3.18. The second-order valence-corrected chi connectivity index (χ2v) is 5.32. The zero-order chi connectivity index (χ0) is 11.4. The first kappa shape index (κ1) is 11.6. The van der Waals surface area contributed by atoms with Gasteiger partial charge in [0.2, 0.25) is 0 Å². The summed E-state index contributed by atoms with van der Waals surface area (Å²) in [5.74, 6) is 0.605. The molecule has 1 fully saturated rings. The molecule has 1 aromatic heterocycles. The SMILES string of the molecule is CSC1CCCCC1Nc1cccnc1N. The number of aromatic nitrogens is 1. The standard InChI is InChI=1S/C12H19N3S/c1-16-11-7-3-2-5-9(11)15-10-6-4-8-14-12(10)13/h4,6,8-9,11,15H,2-3,5,7H2,1H3,(H2,13,14). The molecular weight excluding hydrogens is 218 g/mol. The van der Waals surface area contributed by atoms with Crippen LogP contribution in [-0.4, -0.2) is 22.5 Å². The van der Waals surface area contributed by atoms with Gasteiger partial charge in [0.25, 0.3) is 0 Å². The number of hydrogen-bond donors (Lipinski definition) is 2. The minimum absolute atomic E-state index is 0.537. The molecule has 2 unspecified atom stereocenters. The van der Waals surface area contributed by atoms with E-state index in [0.717, 1.165) is 5.69 Å². The molecule has 0 amide bonds. The average Bonchev–Trinajstić information content (AvgIpc) is 2.33. The van der Waals surface area contributed by atoms with E-state index in [1.165, 1.54) is 25.7 Å². The van der Waals surface area contributed by atoms with Crippen molar-refractivity contribution in [2.45, 2.75) is 37.0 Å². The fourth-order valence-electron chi connectivity index (χ4n) is 2.28. The average molecular weight is 237 g/mol. The van der Waals surface area contributed by atoms with Crippen molar-refractivity contribution in [1.29, 1.82) is 0 Å². The first-order valence-corrected chi connectivity index (χ1v) is 7.10. The van der Waals surface area contributed by atoms with E-state index in [9.17, 15) is 0 Å². The molecule has 3 N–H and O–H groups in total. The van der Waals surface area contributed by atoms with E-state index in [0.29, 0.717) is 17.1 Å². The number of nitrogens with zero attached hydrogens (tertiary/aromatic N) is 1. The van der Waals surface area contributed by atoms with Gasteiger partial charge in [-0.2, -0.15) is 11.8 Å². The molecule has 0 aliphatic heterocycles. The van der Waals surface area contributed by atoms with Gasteiger partial charge in [-0.1, -0.05) is 12.8 Å². The van der Waals surface area contributed by atoms with Crippen LogP contribution < -0.4 is 11.1 Å². The molecule has 0 radical (unpaired) electrons. The second-order valence-electron chi connectivity index (χ2n) is 4.25. The molecule has 2 atom stereocenters. The normalized spacial score (nSPS) is 25.3. The lowest BCUT2D eigenvalue weighted by atomic mass is 9.94. The molecule has 88 valence electrons. The van der Waals surface area contributed by atoms with Gasteiger partial charge in [-0.3, -0.25) is 0 Å². The van der Waals surface area contributed by atoms with Crippen molar-refractivity contribution in [2.24, 2.45) is 0 Å². The summed E-state index contributed by atoms with van der Waals surface area (Å²) in [7, 11) is 0. The van der Waals surface area contributed by atoms with Crippen LogP contribution in [0.15, 0.2) is 18.3 Å². The van der Waals surface area contributed by atoms with Crippen molar-refractivity contribution in [3.63, 3.8) is 0 Å². The molecule has 1 aromatic rings. The van der Waals surface area contributed by atoms with Crippen molar-refractivity contribution < 1.29 is 0 Å². The molecule has 16 heavy (non-hydrogen) atoms. The first-order valence-electron chi connectivity index (χ1n) is 5.81. The molecular formula is C12H19N3S. The van der Waals surface area contributed by atoms with Crippen molar-refractivity contribution in [3.05, 3.63) is 18.3 Å². The van der Waals surface area contributed by atoms with Crippen molar-refractivity contribution in [2.75, 3.05) is 17.3 Å². The fourth-order valence-corrected chi connectivity index (χ4v) is 3.22. The van der Waals surface area contributed by atoms with Crippen molar-refractivity contribution in [1.82, 2.24) is 4.98 Å². The Kier molecular flexibility index (Phi) is 3.93. The highest BCUT2D eigenvalue weighted by molar-refractivity contribution is 7.99. The second kappa shape index (κ2) is 5.43. The van der Waals surface area contributed by atoms with E-state index in [2.05, 4.69) is 16.6 Å². The molecule has 1 heterocycles. The highest BCUT2D eigenvalue weighted by Crippen LogP contribution is 2.30. The quantitative estimate of drug-likeness (QED) is 0.848. The molecule has 0 bridgehead atoms. The van der Waals surface area contributed by atoms with E-state index in [-0.39, 0.29) is 0 Å². The van der Waals surface area contributed by atoms with Crippen LogP contribution in [0.25, 0.3) is 0 Å². The van der Waals surface area contributed by atoms with E-state index >= 15 is 0 Å². The topological polar surface area (TPSA) is 50.9 Å². The smallest absolute Gasteiger partial charge is 0.146 e. The van der Waals surface area contributed by atoms with Crippen LogP contribution in [0.2, 0.25) is 0 Å². The number of nitrogens with two attached hydrogens (primary N) is 1. The van der Waals surface area contributed by atoms with Crippen LogP contribution in [0.1, 0.15) is 25.7 Å². The van der Waals surface area contributed by atoms with Gasteiger partial charge in [-0.25, -0.2) is 4.98 Å². The van der Waals surface area contributed by atoms with Gasteiger partial charge >= 0.3 is 0 Å². The van der Waals surface area contributed by atoms with Gasteiger partial charge in [0.05, 0.1) is 5.69 Å². The Bertz CT molecular complexity index is 343. The van der Waals surface area contributed by atoms with E-state index in [1.54, 1.807) is 6.20 Å². The number of thioether (sulfide) groups is 1. The maximum absolute atomic E-state index is 5.84. The van der Waals surface area contributed by atoms with Gasteiger partial charge in [0.1, 0.15) is 5.82 Å². The molecule has 0 saturated heterocycles. The highest BCUT2D eigenvalue weighted by Gasteiger charge is 2.24. The lowest BCUT2D eigenvalue weighted by Crippen LogP contribution is -2.34. The van der Waals surface area contributed by atoms with Crippen molar-refractivity contribution >= 4 is 23.3 Å². The fraction of sp³-hybridized carbons (Fsp3) is 0.583. The number of nitrogen functional groups attached to an aromatic ring is 1. The van der Waals surface area contributed by atoms with Gasteiger partial charge in [0.15, 0.2) is 0 Å². The number of anilines is 2. The molecule has 2 rings (SSSR count). The third kappa shape index (κ3) is 2.61. The highest BCUT2D eigenvalue weighted by atomic mass is 32.2. The molecule has 1 saturated carbocycles. The van der Waals surface area contributed by atoms with Crippen LogP contribution in [-0.2, 0) is 0 Å². The summed E-state index contributed by atoms with van der Waals surface area (Å²) < 4.78 is 0. The molecule has 1 aliphatic rings. The minimum atomic E-state index is 0.537. The van der Waals surface area contributed by atoms with Gasteiger partial charge in [-0.05, 0) is 31.2 Å². The van der Waals surface area contributed by atoms with E-state index in [4.69, 9.17) is 5.73 Å². The summed E-state index contributed by atoms with van der Waals surface area (Å²) in [5, 5.41) is 4.24. The summed E-state index contributed by atoms with van der Waals surface area (Å²) in [6.07, 6.45) is 9.13. The summed E-state index contributed by atoms with van der Waals surface area (Å²) in [6, 6.07) is 4.47. The molecule has 3 nitrogen and oxygen atoms in total. The Labute approximate surface area is 101 Å². The molecule has 1 aliphatic carbocycles. The Morgan fingerprint density at radius 1 is 1.44 bits per heavy atom. The van der Waals surface area contributed by atoms with Crippen LogP contribution in [0, 0.1) is 0 Å². The largest absolute Gasteiger partial charge is 0.382 e. The Morgan fingerprint density at radius 3 is 3.00 bits per heavy atom. The Balaban J connectivity index is 2.05. The summed E-state index contributed by atoms with van der Waals surface area (Å²) in [4.78, 5) is 4.10. The number of nitrogens with one attached hydrogen (secondary N) is 1. The Hall–Kier alpha value is -0.900.